The van der Waals surface area contributed by atoms with Gasteiger partial charge in [0.1, 0.15) is 11.5 Å². The van der Waals surface area contributed by atoms with E-state index in [4.69, 9.17) is 5.11 Å². The van der Waals surface area contributed by atoms with Crippen LogP contribution in [0.4, 0.5) is 0 Å². The maximum absolute atomic E-state index is 11.5. The maximum atomic E-state index is 11.5. The Morgan fingerprint density at radius 1 is 1.29 bits per heavy atom. The van der Waals surface area contributed by atoms with Crippen LogP contribution in [0.3, 0.4) is 0 Å². The first-order valence-electron chi connectivity index (χ1n) is 7.27. The van der Waals surface area contributed by atoms with Gasteiger partial charge in [0.15, 0.2) is 0 Å². The van der Waals surface area contributed by atoms with Crippen LogP contribution in [-0.2, 0) is 9.36 Å². The number of nitrogens with one attached hydrogen (secondary N) is 1. The molecule has 1 aliphatic heterocycles. The third kappa shape index (κ3) is 6.43. The summed E-state index contributed by atoms with van der Waals surface area (Å²) >= 11 is 1.25. The summed E-state index contributed by atoms with van der Waals surface area (Å²) in [6.45, 7) is 2.15. The highest BCUT2D eigenvalue weighted by Crippen LogP contribution is 2.50. The van der Waals surface area contributed by atoms with E-state index in [1.807, 2.05) is 0 Å². The summed E-state index contributed by atoms with van der Waals surface area (Å²) in [6, 6.07) is -0.939. The molecule has 1 heterocycles. The minimum absolute atomic E-state index is 0.195. The second-order valence-corrected chi connectivity index (χ2v) is 7.83. The zero-order valence-corrected chi connectivity index (χ0v) is 14.0. The second kappa shape index (κ2) is 8.83. The molecule has 0 aromatic heterocycles. The molecule has 0 fully saturated rings. The average molecular weight is 337 g/mol. The van der Waals surface area contributed by atoms with E-state index < -0.39 is 19.6 Å². The zero-order valence-electron chi connectivity index (χ0n) is 12.2. The number of thioether (sulfide) groups is 1. The van der Waals surface area contributed by atoms with E-state index in [9.17, 15) is 19.1 Å². The first-order valence-corrected chi connectivity index (χ1v) is 9.87. The lowest BCUT2D eigenvalue weighted by atomic mass is 10.1. The molecule has 0 aromatic rings. The van der Waals surface area contributed by atoms with Crippen molar-refractivity contribution in [1.29, 1.82) is 0 Å². The molecule has 0 bridgehead atoms. The molecule has 1 rings (SSSR count). The highest BCUT2D eigenvalue weighted by Gasteiger charge is 2.34. The van der Waals surface area contributed by atoms with Gasteiger partial charge in [-0.15, -0.1) is 11.8 Å². The maximum Gasteiger partial charge on any atom is 0.372 e. The predicted molar refractivity (Wildman–Crippen MR) is 84.1 cm³/mol. The van der Waals surface area contributed by atoms with E-state index >= 15 is 0 Å². The number of carboxylic acids is 1. The molecule has 0 spiro atoms. The van der Waals surface area contributed by atoms with E-state index in [0.29, 0.717) is 17.1 Å². The summed E-state index contributed by atoms with van der Waals surface area (Å²) in [5, 5.41) is 11.5. The van der Waals surface area contributed by atoms with Gasteiger partial charge in [-0.05, 0) is 12.8 Å². The summed E-state index contributed by atoms with van der Waals surface area (Å²) in [4.78, 5) is 30.3. The van der Waals surface area contributed by atoms with Crippen LogP contribution < -0.4 is 5.32 Å². The molecule has 0 aromatic carbocycles. The van der Waals surface area contributed by atoms with Crippen LogP contribution in [0.5, 0.6) is 0 Å². The van der Waals surface area contributed by atoms with E-state index in [-0.39, 0.29) is 5.44 Å². The molecule has 1 atom stereocenters. The molecule has 8 heteroatoms. The van der Waals surface area contributed by atoms with Crippen molar-refractivity contribution < 1.29 is 24.3 Å². The van der Waals surface area contributed by atoms with Crippen molar-refractivity contribution >= 4 is 25.3 Å². The fourth-order valence-corrected chi connectivity index (χ4v) is 4.56. The Hall–Kier alpha value is -0.490. The topological polar surface area (TPSA) is 107 Å². The Kier molecular flexibility index (Phi) is 7.81. The number of carbonyl (C=O) groups is 1. The van der Waals surface area contributed by atoms with Crippen molar-refractivity contribution in [2.75, 3.05) is 5.75 Å². The number of rotatable bonds is 9. The lowest BCUT2D eigenvalue weighted by Gasteiger charge is -2.27. The van der Waals surface area contributed by atoms with Crippen molar-refractivity contribution in [2.24, 2.45) is 0 Å². The van der Waals surface area contributed by atoms with E-state index in [1.54, 1.807) is 0 Å². The molecule has 0 saturated carbocycles. The van der Waals surface area contributed by atoms with Gasteiger partial charge >= 0.3 is 13.6 Å². The largest absolute Gasteiger partial charge is 0.480 e. The smallest absolute Gasteiger partial charge is 0.372 e. The third-order valence-electron chi connectivity index (χ3n) is 3.35. The third-order valence-corrected chi connectivity index (χ3v) is 5.74. The van der Waals surface area contributed by atoms with Gasteiger partial charge in [-0.25, -0.2) is 4.79 Å². The monoisotopic (exact) mass is 337 g/mol. The minimum Gasteiger partial charge on any atom is -0.480 e. The van der Waals surface area contributed by atoms with Crippen LogP contribution in [-0.4, -0.2) is 32.7 Å². The van der Waals surface area contributed by atoms with E-state index in [2.05, 4.69) is 12.2 Å². The molecule has 0 saturated heterocycles. The molecule has 122 valence electrons. The summed E-state index contributed by atoms with van der Waals surface area (Å²) < 4.78 is 11.5. The molecule has 21 heavy (non-hydrogen) atoms. The summed E-state index contributed by atoms with van der Waals surface area (Å²) in [5.41, 5.74) is -0.195. The highest BCUT2D eigenvalue weighted by molar-refractivity contribution is 8.03. The molecular formula is C13H24NO5PS. The minimum atomic E-state index is -4.46. The average Bonchev–Trinajstić information content (AvgIpc) is 2.41. The van der Waals surface area contributed by atoms with Crippen LogP contribution in [0.25, 0.3) is 0 Å². The number of allylic oxidation sites excluding steroid dienone is 1. The van der Waals surface area contributed by atoms with Gasteiger partial charge in [-0.2, -0.15) is 0 Å². The van der Waals surface area contributed by atoms with Crippen LogP contribution in [0.1, 0.15) is 51.9 Å². The number of hydrogen-bond acceptors (Lipinski definition) is 4. The SMILES string of the molecule is CCCCCCCCC1=C(P(=O)(O)O)N[C@H](C(=O)O)CS1. The molecule has 0 amide bonds. The molecule has 1 aliphatic rings. The van der Waals surface area contributed by atoms with Crippen LogP contribution in [0, 0.1) is 0 Å². The molecule has 0 aliphatic carbocycles. The van der Waals surface area contributed by atoms with Crippen LogP contribution in [0.2, 0.25) is 0 Å². The molecule has 6 nitrogen and oxygen atoms in total. The van der Waals surface area contributed by atoms with Gasteiger partial charge in [-0.1, -0.05) is 39.0 Å². The van der Waals surface area contributed by atoms with Gasteiger partial charge in [0.05, 0.1) is 0 Å². The summed E-state index contributed by atoms with van der Waals surface area (Å²) in [7, 11) is -4.46. The van der Waals surface area contributed by atoms with E-state index in [0.717, 1.165) is 19.3 Å². The van der Waals surface area contributed by atoms with Crippen molar-refractivity contribution in [3.8, 4) is 0 Å². The van der Waals surface area contributed by atoms with Gasteiger partial charge in [0.2, 0.25) is 0 Å². The molecule has 0 unspecified atom stereocenters. The Balaban J connectivity index is 2.58. The van der Waals surface area contributed by atoms with Gasteiger partial charge in [0, 0.05) is 10.7 Å². The summed E-state index contributed by atoms with van der Waals surface area (Å²) in [6.07, 6.45) is 7.21. The van der Waals surface area contributed by atoms with Gasteiger partial charge in [-0.3, -0.25) is 4.57 Å². The van der Waals surface area contributed by atoms with Crippen molar-refractivity contribution in [3.05, 3.63) is 10.3 Å². The molecular weight excluding hydrogens is 313 g/mol. The second-order valence-electron chi connectivity index (χ2n) is 5.18. The molecule has 4 N–H and O–H groups in total. The summed E-state index contributed by atoms with van der Waals surface area (Å²) in [5.74, 6) is -0.795. The van der Waals surface area contributed by atoms with Crippen LogP contribution >= 0.6 is 19.4 Å². The number of hydrogen-bond donors (Lipinski definition) is 4. The first-order chi connectivity index (χ1) is 9.86. The van der Waals surface area contributed by atoms with Crippen LogP contribution in [0.15, 0.2) is 10.3 Å². The number of unbranched alkanes of at least 4 members (excludes halogenated alkanes) is 5. The normalized spacial score (nSPS) is 19.5. The fourth-order valence-electron chi connectivity index (χ4n) is 2.18. The lowest BCUT2D eigenvalue weighted by molar-refractivity contribution is -0.138. The Morgan fingerprint density at radius 3 is 2.48 bits per heavy atom. The highest BCUT2D eigenvalue weighted by atomic mass is 32.2. The first kappa shape index (κ1) is 18.6. The number of aliphatic carboxylic acids is 1. The standard InChI is InChI=1S/C13H24NO5PS/c1-2-3-4-5-6-7-8-11-12(20(17,18)19)14-10(9-21-11)13(15)16/h10,14H,2-9H2,1H3,(H,15,16)(H2,17,18,19)/t10-/m0/s1. The zero-order chi connectivity index (χ0) is 15.9. The Labute approximate surface area is 129 Å². The van der Waals surface area contributed by atoms with Crippen molar-refractivity contribution in [3.63, 3.8) is 0 Å². The van der Waals surface area contributed by atoms with Crippen molar-refractivity contribution in [2.45, 2.75) is 57.9 Å². The van der Waals surface area contributed by atoms with Gasteiger partial charge in [0.25, 0.3) is 0 Å². The molecule has 0 radical (unpaired) electrons. The Morgan fingerprint density at radius 2 is 1.90 bits per heavy atom. The lowest BCUT2D eigenvalue weighted by Crippen LogP contribution is -2.41. The fraction of sp³-hybridized carbons (Fsp3) is 0.769. The quantitative estimate of drug-likeness (QED) is 0.378. The Bertz CT molecular complexity index is 434. The number of carboxylic acid groups (broad SMARTS) is 1. The van der Waals surface area contributed by atoms with Gasteiger partial charge < -0.3 is 20.2 Å². The van der Waals surface area contributed by atoms with E-state index in [1.165, 1.54) is 31.0 Å². The predicted octanol–water partition coefficient (Wildman–Crippen LogP) is 2.87. The van der Waals surface area contributed by atoms with Crippen molar-refractivity contribution in [1.82, 2.24) is 5.32 Å².